The molecule has 0 aliphatic carbocycles. The highest BCUT2D eigenvalue weighted by molar-refractivity contribution is 8.00. The second-order valence-electron chi connectivity index (χ2n) is 8.62. The van der Waals surface area contributed by atoms with Crippen LogP contribution in [0.2, 0.25) is 0 Å². The Labute approximate surface area is 211 Å². The number of nitrogens with zero attached hydrogens (tertiary/aromatic N) is 1. The van der Waals surface area contributed by atoms with E-state index in [2.05, 4.69) is 61.0 Å². The summed E-state index contributed by atoms with van der Waals surface area (Å²) in [4.78, 5) is 28.0. The average Bonchev–Trinajstić information content (AvgIpc) is 3.18. The van der Waals surface area contributed by atoms with E-state index in [1.807, 2.05) is 18.4 Å². The minimum atomic E-state index is -0.988. The highest BCUT2D eigenvalue weighted by atomic mass is 32.2. The zero-order valence-electron chi connectivity index (χ0n) is 19.6. The first-order chi connectivity index (χ1) is 15.7. The molecule has 1 heterocycles. The van der Waals surface area contributed by atoms with Crippen molar-refractivity contribution in [2.45, 2.75) is 60.9 Å². The first kappa shape index (κ1) is 28.1. The molecular formula is C24H37N3O3S3. The fourth-order valence-corrected chi connectivity index (χ4v) is 5.55. The predicted octanol–water partition coefficient (Wildman–Crippen LogP) is 3.48. The molecule has 1 amide bonds. The normalized spacial score (nSPS) is 20.9. The molecule has 1 aliphatic heterocycles. The third kappa shape index (κ3) is 9.20. The number of benzene rings is 1. The molecule has 0 bridgehead atoms. The topological polar surface area (TPSA) is 95.7 Å². The van der Waals surface area contributed by atoms with E-state index in [0.717, 1.165) is 6.54 Å². The minimum absolute atomic E-state index is 0.129. The maximum atomic E-state index is 13.1. The lowest BCUT2D eigenvalue weighted by atomic mass is 10.0. The maximum absolute atomic E-state index is 13.1. The summed E-state index contributed by atoms with van der Waals surface area (Å²) >= 11 is 7.56. The quantitative estimate of drug-likeness (QED) is 0.238. The molecule has 4 atom stereocenters. The van der Waals surface area contributed by atoms with E-state index < -0.39 is 12.0 Å². The van der Waals surface area contributed by atoms with E-state index in [1.54, 1.807) is 23.5 Å². The Bertz CT molecular complexity index is 789. The number of hydrogen-bond acceptors (Lipinski definition) is 7. The van der Waals surface area contributed by atoms with Crippen molar-refractivity contribution >= 4 is 48.0 Å². The van der Waals surface area contributed by atoms with Crippen molar-refractivity contribution in [1.82, 2.24) is 10.2 Å². The van der Waals surface area contributed by atoms with Crippen molar-refractivity contribution in [1.29, 1.82) is 0 Å². The number of likely N-dealkylation sites (tertiary alicyclic amines) is 1. The molecule has 4 N–H and O–H groups in total. The molecule has 0 unspecified atom stereocenters. The molecule has 0 radical (unpaired) electrons. The number of aliphatic carboxylic acids is 1. The molecule has 184 valence electrons. The van der Waals surface area contributed by atoms with Gasteiger partial charge in [0.2, 0.25) is 5.91 Å². The maximum Gasteiger partial charge on any atom is 0.326 e. The molecule has 9 heteroatoms. The summed E-state index contributed by atoms with van der Waals surface area (Å²) in [5, 5.41) is 12.5. The zero-order chi connectivity index (χ0) is 24.4. The number of nitrogens with two attached hydrogens (primary N) is 1. The zero-order valence-corrected chi connectivity index (χ0v) is 22.2. The Kier molecular flexibility index (Phi) is 12.2. The molecule has 1 aromatic carbocycles. The van der Waals surface area contributed by atoms with Crippen molar-refractivity contribution in [3.63, 3.8) is 0 Å². The molecule has 0 spiro atoms. The molecule has 1 aliphatic rings. The molecule has 2 rings (SSSR count). The Morgan fingerprint density at radius 3 is 2.61 bits per heavy atom. The second-order valence-corrected chi connectivity index (χ2v) is 11.3. The van der Waals surface area contributed by atoms with E-state index in [4.69, 9.17) is 5.73 Å². The fraction of sp³-hybridized carbons (Fsp3) is 0.583. The first-order valence-corrected chi connectivity index (χ1v) is 14.2. The lowest BCUT2D eigenvalue weighted by Crippen LogP contribution is -2.49. The monoisotopic (exact) mass is 511 g/mol. The van der Waals surface area contributed by atoms with Gasteiger partial charge in [-0.1, -0.05) is 38.1 Å². The van der Waals surface area contributed by atoms with Crippen LogP contribution in [0.5, 0.6) is 0 Å². The van der Waals surface area contributed by atoms with Crippen LogP contribution >= 0.6 is 36.2 Å². The Hall–Kier alpha value is -1.13. The molecule has 1 saturated heterocycles. The van der Waals surface area contributed by atoms with Crippen LogP contribution < -0.4 is 11.1 Å². The lowest BCUT2D eigenvalue weighted by Gasteiger charge is -2.24. The van der Waals surface area contributed by atoms with Gasteiger partial charge in [-0.3, -0.25) is 9.69 Å². The summed E-state index contributed by atoms with van der Waals surface area (Å²) in [6, 6.07) is 7.25. The number of thioether (sulfide) groups is 2. The third-order valence-corrected chi connectivity index (χ3v) is 7.96. The van der Waals surface area contributed by atoms with E-state index in [0.29, 0.717) is 36.8 Å². The van der Waals surface area contributed by atoms with Gasteiger partial charge in [0.1, 0.15) is 6.04 Å². The first-order valence-electron chi connectivity index (χ1n) is 11.3. The van der Waals surface area contributed by atoms with Crippen molar-refractivity contribution in [3.05, 3.63) is 42.0 Å². The number of rotatable bonds is 13. The molecule has 33 heavy (non-hydrogen) atoms. The van der Waals surface area contributed by atoms with Crippen LogP contribution in [0.4, 0.5) is 0 Å². The Balaban J connectivity index is 2.09. The van der Waals surface area contributed by atoms with Crippen LogP contribution in [0.1, 0.15) is 38.2 Å². The van der Waals surface area contributed by atoms with Gasteiger partial charge in [0.25, 0.3) is 0 Å². The summed E-state index contributed by atoms with van der Waals surface area (Å²) in [6.07, 6.45) is 6.90. The SMILES string of the molecule is CSCC[C@H](NC(=O)[C@@H]1C[C@H](Sc2ccc(C(C)C)cc2)CN1C/C=C/[C@@H](N)CS)C(=O)O. The Morgan fingerprint density at radius 1 is 1.33 bits per heavy atom. The Morgan fingerprint density at radius 2 is 2.03 bits per heavy atom. The summed E-state index contributed by atoms with van der Waals surface area (Å²) < 4.78 is 0. The number of nitrogens with one attached hydrogen (secondary N) is 1. The number of carboxylic acid groups (broad SMARTS) is 1. The van der Waals surface area contributed by atoms with E-state index in [1.165, 1.54) is 10.5 Å². The van der Waals surface area contributed by atoms with Crippen LogP contribution in [0, 0.1) is 0 Å². The van der Waals surface area contributed by atoms with E-state index in [9.17, 15) is 14.7 Å². The standard InChI is InChI=1S/C24H37N3O3S3/c1-16(2)17-6-8-19(9-7-17)33-20-13-22(27(14-20)11-4-5-18(25)15-31)23(28)26-21(24(29)30)10-12-32-3/h4-9,16,18,20-22,31H,10-15,25H2,1-3H3,(H,26,28)(H,29,30)/b5-4+/t18-,20+,21+,22+/m1/s1. The van der Waals surface area contributed by atoms with Gasteiger partial charge < -0.3 is 16.2 Å². The van der Waals surface area contributed by atoms with Gasteiger partial charge in [-0.15, -0.1) is 11.8 Å². The number of carbonyl (C=O) groups is 2. The number of carbonyl (C=O) groups excluding carboxylic acids is 1. The number of hydrogen-bond donors (Lipinski definition) is 4. The van der Waals surface area contributed by atoms with E-state index >= 15 is 0 Å². The van der Waals surface area contributed by atoms with Gasteiger partial charge in [-0.2, -0.15) is 24.4 Å². The summed E-state index contributed by atoms with van der Waals surface area (Å²) in [6.45, 7) is 5.69. The van der Waals surface area contributed by atoms with Crippen LogP contribution in [0.25, 0.3) is 0 Å². The predicted molar refractivity (Wildman–Crippen MR) is 144 cm³/mol. The largest absolute Gasteiger partial charge is 0.480 e. The molecule has 1 fully saturated rings. The number of amides is 1. The van der Waals surface area contributed by atoms with Crippen molar-refractivity contribution in [3.8, 4) is 0 Å². The highest BCUT2D eigenvalue weighted by Gasteiger charge is 2.38. The van der Waals surface area contributed by atoms with Crippen LogP contribution in [0.3, 0.4) is 0 Å². The summed E-state index contributed by atoms with van der Waals surface area (Å²) in [7, 11) is 0. The van der Waals surface area contributed by atoms with Crippen molar-refractivity contribution in [2.24, 2.45) is 5.73 Å². The highest BCUT2D eigenvalue weighted by Crippen LogP contribution is 2.33. The van der Waals surface area contributed by atoms with Crippen LogP contribution in [-0.4, -0.2) is 76.1 Å². The van der Waals surface area contributed by atoms with Crippen LogP contribution in [-0.2, 0) is 9.59 Å². The number of carboxylic acids is 1. The van der Waals surface area contributed by atoms with Gasteiger partial charge in [0.05, 0.1) is 6.04 Å². The summed E-state index contributed by atoms with van der Waals surface area (Å²) in [5.41, 5.74) is 7.23. The fourth-order valence-electron chi connectivity index (χ4n) is 3.74. The minimum Gasteiger partial charge on any atom is -0.480 e. The van der Waals surface area contributed by atoms with Gasteiger partial charge in [0, 0.05) is 35.0 Å². The molecule has 0 aromatic heterocycles. The average molecular weight is 512 g/mol. The van der Waals surface area contributed by atoms with E-state index in [-0.39, 0.29) is 23.2 Å². The van der Waals surface area contributed by atoms with Gasteiger partial charge >= 0.3 is 5.97 Å². The number of thiol groups is 1. The van der Waals surface area contributed by atoms with Gasteiger partial charge in [0.15, 0.2) is 0 Å². The van der Waals surface area contributed by atoms with Crippen molar-refractivity contribution in [2.75, 3.05) is 30.9 Å². The van der Waals surface area contributed by atoms with Crippen molar-refractivity contribution < 1.29 is 14.7 Å². The summed E-state index contributed by atoms with van der Waals surface area (Å²) in [5.74, 6) is 0.524. The van der Waals surface area contributed by atoms with Gasteiger partial charge in [-0.05, 0) is 48.5 Å². The molecule has 0 saturated carbocycles. The second kappa shape index (κ2) is 14.3. The van der Waals surface area contributed by atoms with Gasteiger partial charge in [-0.25, -0.2) is 4.79 Å². The van der Waals surface area contributed by atoms with Crippen LogP contribution in [0.15, 0.2) is 41.3 Å². The molecule has 1 aromatic rings. The molecule has 6 nitrogen and oxygen atoms in total. The smallest absolute Gasteiger partial charge is 0.326 e. The lowest BCUT2D eigenvalue weighted by molar-refractivity contribution is -0.142. The third-order valence-electron chi connectivity index (χ3n) is 5.68. The molecular weight excluding hydrogens is 474 g/mol.